The molecule has 0 aliphatic carbocycles. The van der Waals surface area contributed by atoms with E-state index in [1.807, 2.05) is 17.0 Å². The maximum atomic E-state index is 12.2. The van der Waals surface area contributed by atoms with Gasteiger partial charge in [0, 0.05) is 32.8 Å². The molecule has 5 heteroatoms. The smallest absolute Gasteiger partial charge is 0.228 e. The number of hydrogen-bond donors (Lipinski definition) is 0. The van der Waals surface area contributed by atoms with Crippen molar-refractivity contribution in [3.8, 4) is 0 Å². The molecule has 5 nitrogen and oxygen atoms in total. The van der Waals surface area contributed by atoms with Crippen LogP contribution in [0.15, 0.2) is 22.8 Å². The molecule has 2 fully saturated rings. The van der Waals surface area contributed by atoms with Gasteiger partial charge < -0.3 is 14.1 Å². The first-order chi connectivity index (χ1) is 9.33. The Morgan fingerprint density at radius 1 is 1.32 bits per heavy atom. The summed E-state index contributed by atoms with van der Waals surface area (Å²) >= 11 is 0. The van der Waals surface area contributed by atoms with Crippen molar-refractivity contribution in [1.29, 1.82) is 0 Å². The van der Waals surface area contributed by atoms with Crippen LogP contribution < -0.4 is 0 Å². The summed E-state index contributed by atoms with van der Waals surface area (Å²) in [6, 6.07) is 3.91. The van der Waals surface area contributed by atoms with Gasteiger partial charge in [-0.2, -0.15) is 0 Å². The van der Waals surface area contributed by atoms with E-state index >= 15 is 0 Å². The molecule has 0 N–H and O–H groups in total. The molecule has 3 heterocycles. The highest BCUT2D eigenvalue weighted by atomic mass is 16.5. The van der Waals surface area contributed by atoms with Gasteiger partial charge in [0.15, 0.2) is 0 Å². The molecule has 2 saturated heterocycles. The zero-order valence-electron chi connectivity index (χ0n) is 11.1. The molecule has 0 spiro atoms. The third-order valence-electron chi connectivity index (χ3n) is 3.92. The largest absolute Gasteiger partial charge is 0.468 e. The molecule has 0 aromatic carbocycles. The van der Waals surface area contributed by atoms with E-state index < -0.39 is 0 Å². The molecule has 1 atom stereocenters. The minimum absolute atomic E-state index is 0.0941. The van der Waals surface area contributed by atoms with Crippen LogP contribution in [0.25, 0.3) is 0 Å². The molecule has 19 heavy (non-hydrogen) atoms. The van der Waals surface area contributed by atoms with Gasteiger partial charge in [0.05, 0.1) is 25.3 Å². The maximum Gasteiger partial charge on any atom is 0.228 e. The molecule has 0 saturated carbocycles. The van der Waals surface area contributed by atoms with E-state index in [2.05, 4.69) is 4.90 Å². The Kier molecular flexibility index (Phi) is 3.84. The van der Waals surface area contributed by atoms with Crippen molar-refractivity contribution in [2.24, 2.45) is 5.92 Å². The second-order valence-corrected chi connectivity index (χ2v) is 5.24. The summed E-state index contributed by atoms with van der Waals surface area (Å²) in [6.45, 7) is 5.63. The first kappa shape index (κ1) is 12.7. The fourth-order valence-electron chi connectivity index (χ4n) is 2.74. The minimum Gasteiger partial charge on any atom is -0.468 e. The van der Waals surface area contributed by atoms with Crippen molar-refractivity contribution in [3.63, 3.8) is 0 Å². The van der Waals surface area contributed by atoms with Crippen LogP contribution in [0.2, 0.25) is 0 Å². The number of amides is 1. The lowest BCUT2D eigenvalue weighted by Gasteiger charge is -2.35. The van der Waals surface area contributed by atoms with Crippen molar-refractivity contribution in [1.82, 2.24) is 9.80 Å². The Bertz CT molecular complexity index is 404. The van der Waals surface area contributed by atoms with Gasteiger partial charge in [-0.15, -0.1) is 0 Å². The SMILES string of the molecule is O=C([C@@H]1CCOC1)N1CCN(Cc2ccco2)CC1. The lowest BCUT2D eigenvalue weighted by molar-refractivity contribution is -0.137. The summed E-state index contributed by atoms with van der Waals surface area (Å²) in [5.74, 6) is 1.36. The second kappa shape index (κ2) is 5.75. The number of nitrogens with zero attached hydrogens (tertiary/aromatic N) is 2. The highest BCUT2D eigenvalue weighted by Crippen LogP contribution is 2.17. The van der Waals surface area contributed by atoms with E-state index in [9.17, 15) is 4.79 Å². The summed E-state index contributed by atoms with van der Waals surface area (Å²) in [6.07, 6.45) is 2.58. The fraction of sp³-hybridized carbons (Fsp3) is 0.643. The molecule has 1 aromatic heterocycles. The maximum absolute atomic E-state index is 12.2. The van der Waals surface area contributed by atoms with Gasteiger partial charge in [-0.3, -0.25) is 9.69 Å². The van der Waals surface area contributed by atoms with Gasteiger partial charge in [-0.05, 0) is 18.6 Å². The van der Waals surface area contributed by atoms with E-state index in [1.165, 1.54) is 0 Å². The van der Waals surface area contributed by atoms with Crippen molar-refractivity contribution in [2.75, 3.05) is 39.4 Å². The summed E-state index contributed by atoms with van der Waals surface area (Å²) in [4.78, 5) is 16.5. The van der Waals surface area contributed by atoms with Crippen molar-refractivity contribution in [3.05, 3.63) is 24.2 Å². The number of carbonyl (C=O) groups is 1. The second-order valence-electron chi connectivity index (χ2n) is 5.24. The Morgan fingerprint density at radius 3 is 2.79 bits per heavy atom. The van der Waals surface area contributed by atoms with Gasteiger partial charge >= 0.3 is 0 Å². The zero-order valence-corrected chi connectivity index (χ0v) is 11.1. The van der Waals surface area contributed by atoms with Crippen LogP contribution in [-0.4, -0.2) is 55.1 Å². The summed E-state index contributed by atoms with van der Waals surface area (Å²) in [5.41, 5.74) is 0. The van der Waals surface area contributed by atoms with Crippen LogP contribution in [0.3, 0.4) is 0 Å². The minimum atomic E-state index is 0.0941. The molecule has 2 aliphatic rings. The van der Waals surface area contributed by atoms with Gasteiger partial charge in [0.2, 0.25) is 5.91 Å². The van der Waals surface area contributed by atoms with Gasteiger partial charge in [0.1, 0.15) is 5.76 Å². The van der Waals surface area contributed by atoms with E-state index in [0.717, 1.165) is 51.5 Å². The average Bonchev–Trinajstić information content (AvgIpc) is 3.12. The van der Waals surface area contributed by atoms with Crippen LogP contribution in [0.5, 0.6) is 0 Å². The Hall–Kier alpha value is -1.33. The molecule has 0 bridgehead atoms. The molecular weight excluding hydrogens is 244 g/mol. The van der Waals surface area contributed by atoms with Crippen LogP contribution in [-0.2, 0) is 16.1 Å². The van der Waals surface area contributed by atoms with Gasteiger partial charge in [0.25, 0.3) is 0 Å². The first-order valence-corrected chi connectivity index (χ1v) is 6.94. The van der Waals surface area contributed by atoms with Crippen LogP contribution >= 0.6 is 0 Å². The quantitative estimate of drug-likeness (QED) is 0.816. The van der Waals surface area contributed by atoms with E-state index in [1.54, 1.807) is 6.26 Å². The standard InChI is InChI=1S/C14H20N2O3/c17-14(12-3-9-18-11-12)16-6-4-15(5-7-16)10-13-2-1-8-19-13/h1-2,8,12H,3-7,9-11H2/t12-/m1/s1. The lowest BCUT2D eigenvalue weighted by Crippen LogP contribution is -2.50. The number of piperazine rings is 1. The van der Waals surface area contributed by atoms with Crippen molar-refractivity contribution < 1.29 is 13.9 Å². The molecule has 0 radical (unpaired) electrons. The summed E-state index contributed by atoms with van der Waals surface area (Å²) < 4.78 is 10.6. The molecule has 104 valence electrons. The van der Waals surface area contributed by atoms with Crippen LogP contribution in [0, 0.1) is 5.92 Å². The topological polar surface area (TPSA) is 45.9 Å². The molecule has 0 unspecified atom stereocenters. The predicted octanol–water partition coefficient (Wildman–Crippen LogP) is 0.960. The molecule has 3 rings (SSSR count). The number of hydrogen-bond acceptors (Lipinski definition) is 4. The lowest BCUT2D eigenvalue weighted by atomic mass is 10.1. The third kappa shape index (κ3) is 2.98. The highest BCUT2D eigenvalue weighted by Gasteiger charge is 2.30. The van der Waals surface area contributed by atoms with Gasteiger partial charge in [-0.1, -0.05) is 0 Å². The predicted molar refractivity (Wildman–Crippen MR) is 69.5 cm³/mol. The number of furan rings is 1. The molecular formula is C14H20N2O3. The average molecular weight is 264 g/mol. The van der Waals surface area contributed by atoms with Crippen LogP contribution in [0.1, 0.15) is 12.2 Å². The van der Waals surface area contributed by atoms with E-state index in [-0.39, 0.29) is 11.8 Å². The molecule has 1 amide bonds. The Balaban J connectivity index is 1.47. The van der Waals surface area contributed by atoms with E-state index in [0.29, 0.717) is 6.61 Å². The van der Waals surface area contributed by atoms with Gasteiger partial charge in [-0.25, -0.2) is 0 Å². The number of carbonyl (C=O) groups excluding carboxylic acids is 1. The number of rotatable bonds is 3. The van der Waals surface area contributed by atoms with E-state index in [4.69, 9.17) is 9.15 Å². The monoisotopic (exact) mass is 264 g/mol. The Labute approximate surface area is 113 Å². The summed E-state index contributed by atoms with van der Waals surface area (Å²) in [7, 11) is 0. The van der Waals surface area contributed by atoms with Crippen molar-refractivity contribution >= 4 is 5.91 Å². The molecule has 2 aliphatic heterocycles. The Morgan fingerprint density at radius 2 is 2.16 bits per heavy atom. The van der Waals surface area contributed by atoms with Crippen molar-refractivity contribution in [2.45, 2.75) is 13.0 Å². The molecule has 1 aromatic rings. The highest BCUT2D eigenvalue weighted by molar-refractivity contribution is 5.79. The number of ether oxygens (including phenoxy) is 1. The normalized spacial score (nSPS) is 24.8. The first-order valence-electron chi connectivity index (χ1n) is 6.94. The summed E-state index contributed by atoms with van der Waals surface area (Å²) in [5, 5.41) is 0. The fourth-order valence-corrected chi connectivity index (χ4v) is 2.74. The zero-order chi connectivity index (χ0) is 13.1. The van der Waals surface area contributed by atoms with Crippen LogP contribution in [0.4, 0.5) is 0 Å². The third-order valence-corrected chi connectivity index (χ3v) is 3.92.